The Bertz CT molecular complexity index is 815. The van der Waals surface area contributed by atoms with Crippen molar-refractivity contribution in [3.8, 4) is 22.5 Å². The van der Waals surface area contributed by atoms with Crippen LogP contribution in [0.2, 0.25) is 0 Å². The molecule has 0 atom stereocenters. The summed E-state index contributed by atoms with van der Waals surface area (Å²) in [6, 6.07) is 17.4. The van der Waals surface area contributed by atoms with Crippen molar-refractivity contribution in [2.24, 2.45) is 0 Å². The Balaban J connectivity index is 2.02. The molecule has 104 valence electrons. The number of nitrogens with zero attached hydrogens (tertiary/aromatic N) is 1. The van der Waals surface area contributed by atoms with Gasteiger partial charge < -0.3 is 0 Å². The van der Waals surface area contributed by atoms with Gasteiger partial charge in [-0.25, -0.2) is 0 Å². The van der Waals surface area contributed by atoms with E-state index in [1.807, 2.05) is 62.4 Å². The molecule has 21 heavy (non-hydrogen) atoms. The smallest absolute Gasteiger partial charge is 0.208 e. The Labute approximate surface area is 123 Å². The van der Waals surface area contributed by atoms with Gasteiger partial charge in [-0.05, 0) is 19.4 Å². The zero-order valence-electron chi connectivity index (χ0n) is 12.1. The molecule has 0 fully saturated rings. The molecule has 1 aromatic heterocycles. The van der Waals surface area contributed by atoms with Crippen LogP contribution < -0.4 is 5.43 Å². The van der Waals surface area contributed by atoms with Gasteiger partial charge in [-0.2, -0.15) is 5.10 Å². The van der Waals surface area contributed by atoms with E-state index < -0.39 is 0 Å². The number of rotatable bonds is 2. The first-order chi connectivity index (χ1) is 10.1. The van der Waals surface area contributed by atoms with Crippen molar-refractivity contribution in [2.45, 2.75) is 13.8 Å². The quantitative estimate of drug-likeness (QED) is 0.775. The Morgan fingerprint density at radius 3 is 1.86 bits per heavy atom. The molecule has 0 aliphatic rings. The lowest BCUT2D eigenvalue weighted by Gasteiger charge is -2.04. The molecule has 0 amide bonds. The fourth-order valence-corrected chi connectivity index (χ4v) is 2.20. The van der Waals surface area contributed by atoms with Crippen molar-refractivity contribution in [1.29, 1.82) is 0 Å². The Hall–Kier alpha value is -2.68. The number of H-pyrrole nitrogens is 1. The zero-order chi connectivity index (χ0) is 14.8. The predicted octanol–water partition coefficient (Wildman–Crippen LogP) is 3.72. The first kappa shape index (κ1) is 13.3. The highest BCUT2D eigenvalue weighted by Gasteiger charge is 2.07. The SMILES string of the molecule is Cc1ccc(-c2cc(=O)c(-c3ccc(C)cc3)n[nH]2)cc1. The fraction of sp³-hybridized carbons (Fsp3) is 0.111. The van der Waals surface area contributed by atoms with Crippen LogP contribution >= 0.6 is 0 Å². The second-order valence-electron chi connectivity index (χ2n) is 5.23. The third kappa shape index (κ3) is 2.77. The second kappa shape index (κ2) is 5.37. The third-order valence-corrected chi connectivity index (χ3v) is 3.48. The van der Waals surface area contributed by atoms with E-state index in [-0.39, 0.29) is 5.43 Å². The maximum absolute atomic E-state index is 12.3. The molecule has 3 aromatic rings. The Kier molecular flexibility index (Phi) is 3.40. The number of nitrogens with one attached hydrogen (secondary N) is 1. The van der Waals surface area contributed by atoms with Crippen molar-refractivity contribution in [3.05, 3.63) is 75.9 Å². The number of aryl methyl sites for hydroxylation is 2. The highest BCUT2D eigenvalue weighted by atomic mass is 16.1. The molecule has 3 rings (SSSR count). The summed E-state index contributed by atoms with van der Waals surface area (Å²) in [5.41, 5.74) is 5.24. The summed E-state index contributed by atoms with van der Waals surface area (Å²) in [6.07, 6.45) is 0. The molecule has 1 N–H and O–H groups in total. The summed E-state index contributed by atoms with van der Waals surface area (Å²) in [4.78, 5) is 12.3. The minimum Gasteiger partial charge on any atom is -0.287 e. The van der Waals surface area contributed by atoms with Crippen LogP contribution in [0, 0.1) is 13.8 Å². The van der Waals surface area contributed by atoms with Gasteiger partial charge in [-0.15, -0.1) is 0 Å². The van der Waals surface area contributed by atoms with Crippen LogP contribution in [0.15, 0.2) is 59.4 Å². The molecule has 2 aromatic carbocycles. The van der Waals surface area contributed by atoms with Crippen LogP contribution in [0.3, 0.4) is 0 Å². The van der Waals surface area contributed by atoms with Crippen molar-refractivity contribution in [1.82, 2.24) is 10.2 Å². The van der Waals surface area contributed by atoms with Gasteiger partial charge in [0.1, 0.15) is 5.69 Å². The summed E-state index contributed by atoms with van der Waals surface area (Å²) >= 11 is 0. The van der Waals surface area contributed by atoms with E-state index in [1.54, 1.807) is 6.07 Å². The minimum atomic E-state index is -0.0758. The molecule has 0 bridgehead atoms. The Morgan fingerprint density at radius 2 is 1.33 bits per heavy atom. The van der Waals surface area contributed by atoms with E-state index in [9.17, 15) is 4.79 Å². The normalized spacial score (nSPS) is 10.6. The summed E-state index contributed by atoms with van der Waals surface area (Å²) in [6.45, 7) is 4.05. The van der Waals surface area contributed by atoms with Crippen LogP contribution in [0.5, 0.6) is 0 Å². The van der Waals surface area contributed by atoms with Gasteiger partial charge in [0.15, 0.2) is 0 Å². The van der Waals surface area contributed by atoms with Gasteiger partial charge in [0.05, 0.1) is 5.69 Å². The molecular weight excluding hydrogens is 260 g/mol. The average Bonchev–Trinajstić information content (AvgIpc) is 2.49. The van der Waals surface area contributed by atoms with Gasteiger partial charge in [0, 0.05) is 11.6 Å². The van der Waals surface area contributed by atoms with E-state index in [1.165, 1.54) is 5.56 Å². The summed E-state index contributed by atoms with van der Waals surface area (Å²) in [7, 11) is 0. The second-order valence-corrected chi connectivity index (χ2v) is 5.23. The molecule has 0 radical (unpaired) electrons. The molecule has 0 unspecified atom stereocenters. The summed E-state index contributed by atoms with van der Waals surface area (Å²) in [5, 5.41) is 7.22. The molecule has 0 saturated carbocycles. The standard InChI is InChI=1S/C18H16N2O/c1-12-3-7-14(8-4-12)16-11-17(21)18(20-19-16)15-9-5-13(2)6-10-15/h3-11H,1-2H3,(H,19,21). The highest BCUT2D eigenvalue weighted by molar-refractivity contribution is 5.63. The maximum Gasteiger partial charge on any atom is 0.208 e. The van der Waals surface area contributed by atoms with E-state index in [0.29, 0.717) is 5.69 Å². The number of aromatic nitrogens is 2. The zero-order valence-corrected chi connectivity index (χ0v) is 12.1. The fourth-order valence-electron chi connectivity index (χ4n) is 2.20. The van der Waals surface area contributed by atoms with E-state index in [4.69, 9.17) is 0 Å². The van der Waals surface area contributed by atoms with Crippen LogP contribution in [0.25, 0.3) is 22.5 Å². The van der Waals surface area contributed by atoms with Crippen molar-refractivity contribution < 1.29 is 0 Å². The van der Waals surface area contributed by atoms with Crippen LogP contribution in [0.1, 0.15) is 11.1 Å². The van der Waals surface area contributed by atoms with Crippen LogP contribution in [-0.4, -0.2) is 10.2 Å². The number of aromatic amines is 1. The first-order valence-electron chi connectivity index (χ1n) is 6.87. The van der Waals surface area contributed by atoms with Crippen LogP contribution in [-0.2, 0) is 0 Å². The van der Waals surface area contributed by atoms with Crippen molar-refractivity contribution in [3.63, 3.8) is 0 Å². The summed E-state index contributed by atoms with van der Waals surface area (Å²) in [5.74, 6) is 0. The van der Waals surface area contributed by atoms with Crippen molar-refractivity contribution >= 4 is 0 Å². The van der Waals surface area contributed by atoms with Gasteiger partial charge >= 0.3 is 0 Å². The van der Waals surface area contributed by atoms with Crippen LogP contribution in [0.4, 0.5) is 0 Å². The molecule has 0 saturated heterocycles. The van der Waals surface area contributed by atoms with Gasteiger partial charge in [0.2, 0.25) is 5.43 Å². The lowest BCUT2D eigenvalue weighted by molar-refractivity contribution is 1.03. The summed E-state index contributed by atoms with van der Waals surface area (Å²) < 4.78 is 0. The molecule has 0 aliphatic heterocycles. The van der Waals surface area contributed by atoms with Gasteiger partial charge in [-0.1, -0.05) is 59.7 Å². The number of benzene rings is 2. The topological polar surface area (TPSA) is 45.8 Å². The van der Waals surface area contributed by atoms with E-state index in [0.717, 1.165) is 22.4 Å². The molecule has 3 nitrogen and oxygen atoms in total. The largest absolute Gasteiger partial charge is 0.287 e. The predicted molar refractivity (Wildman–Crippen MR) is 85.2 cm³/mol. The van der Waals surface area contributed by atoms with Crippen molar-refractivity contribution in [2.75, 3.05) is 0 Å². The molecular formula is C18H16N2O. The van der Waals surface area contributed by atoms with E-state index in [2.05, 4.69) is 10.2 Å². The number of hydrogen-bond acceptors (Lipinski definition) is 2. The third-order valence-electron chi connectivity index (χ3n) is 3.48. The average molecular weight is 276 g/mol. The maximum atomic E-state index is 12.3. The Morgan fingerprint density at radius 1 is 0.810 bits per heavy atom. The number of hydrogen-bond donors (Lipinski definition) is 1. The van der Waals surface area contributed by atoms with Gasteiger partial charge in [0.25, 0.3) is 0 Å². The van der Waals surface area contributed by atoms with Gasteiger partial charge in [-0.3, -0.25) is 9.89 Å². The molecule has 1 heterocycles. The highest BCUT2D eigenvalue weighted by Crippen LogP contribution is 2.18. The monoisotopic (exact) mass is 276 g/mol. The lowest BCUT2D eigenvalue weighted by atomic mass is 10.1. The lowest BCUT2D eigenvalue weighted by Crippen LogP contribution is -2.08. The first-order valence-corrected chi connectivity index (χ1v) is 6.87. The molecule has 0 spiro atoms. The molecule has 3 heteroatoms. The minimum absolute atomic E-state index is 0.0758. The van der Waals surface area contributed by atoms with E-state index >= 15 is 0 Å². The molecule has 0 aliphatic carbocycles.